The summed E-state index contributed by atoms with van der Waals surface area (Å²) in [5, 5.41) is 22.3. The Labute approximate surface area is 89.9 Å². The van der Waals surface area contributed by atoms with E-state index in [0.717, 1.165) is 5.69 Å². The van der Waals surface area contributed by atoms with Crippen molar-refractivity contribution in [1.82, 2.24) is 35.0 Å². The third-order valence-corrected chi connectivity index (χ3v) is 2.05. The zero-order chi connectivity index (χ0) is 11.0. The highest BCUT2D eigenvalue weighted by molar-refractivity contribution is 5.54. The van der Waals surface area contributed by atoms with Crippen LogP contribution in [-0.4, -0.2) is 35.0 Å². The first kappa shape index (κ1) is 8.77. The van der Waals surface area contributed by atoms with Gasteiger partial charge in [0.05, 0.1) is 11.9 Å². The third kappa shape index (κ3) is 1.45. The molecule has 0 saturated carbocycles. The van der Waals surface area contributed by atoms with Crippen LogP contribution < -0.4 is 5.32 Å². The number of hydrogen-bond donors (Lipinski definition) is 1. The minimum absolute atomic E-state index is 0.608. The lowest BCUT2D eigenvalue weighted by atomic mass is 10.5. The summed E-state index contributed by atoms with van der Waals surface area (Å²) in [6.07, 6.45) is 3.57. The second-order valence-corrected chi connectivity index (χ2v) is 3.27. The van der Waals surface area contributed by atoms with Crippen LogP contribution >= 0.6 is 0 Å². The van der Waals surface area contributed by atoms with E-state index >= 15 is 0 Å². The largest absolute Gasteiger partial charge is 0.336 e. The highest BCUT2D eigenvalue weighted by atomic mass is 15.6. The minimum Gasteiger partial charge on any atom is -0.336 e. The van der Waals surface area contributed by atoms with Crippen molar-refractivity contribution in [2.75, 3.05) is 5.32 Å². The summed E-state index contributed by atoms with van der Waals surface area (Å²) in [5.41, 5.74) is 1.47. The number of anilines is 2. The zero-order valence-corrected chi connectivity index (χ0v) is 8.44. The Hall–Kier alpha value is -2.51. The Morgan fingerprint density at radius 2 is 2.25 bits per heavy atom. The fourth-order valence-electron chi connectivity index (χ4n) is 1.35. The molecule has 8 heteroatoms. The normalized spacial score (nSPS) is 10.8. The molecule has 80 valence electrons. The van der Waals surface area contributed by atoms with Gasteiger partial charge in [0, 0.05) is 13.2 Å². The van der Waals surface area contributed by atoms with E-state index in [1.165, 1.54) is 4.63 Å². The van der Waals surface area contributed by atoms with Crippen molar-refractivity contribution in [2.45, 2.75) is 0 Å². The van der Waals surface area contributed by atoms with Gasteiger partial charge in [-0.25, -0.2) is 0 Å². The van der Waals surface area contributed by atoms with Crippen LogP contribution in [0.5, 0.6) is 0 Å². The lowest BCUT2D eigenvalue weighted by Gasteiger charge is -2.00. The maximum absolute atomic E-state index is 4.17. The quantitative estimate of drug-likeness (QED) is 0.648. The lowest BCUT2D eigenvalue weighted by molar-refractivity contribution is 0.736. The van der Waals surface area contributed by atoms with Gasteiger partial charge in [-0.15, -0.1) is 14.8 Å². The second kappa shape index (κ2) is 3.26. The molecule has 1 N–H and O–H groups in total. The zero-order valence-electron chi connectivity index (χ0n) is 8.44. The van der Waals surface area contributed by atoms with E-state index < -0.39 is 0 Å². The van der Waals surface area contributed by atoms with Crippen molar-refractivity contribution < 1.29 is 0 Å². The van der Waals surface area contributed by atoms with Crippen LogP contribution in [0.4, 0.5) is 11.5 Å². The molecule has 0 bridgehead atoms. The van der Waals surface area contributed by atoms with Crippen molar-refractivity contribution in [3.05, 3.63) is 24.5 Å². The van der Waals surface area contributed by atoms with Gasteiger partial charge in [0.1, 0.15) is 0 Å². The van der Waals surface area contributed by atoms with Gasteiger partial charge in [0.2, 0.25) is 0 Å². The van der Waals surface area contributed by atoms with E-state index in [-0.39, 0.29) is 0 Å². The number of nitrogens with zero attached hydrogens (tertiary/aromatic N) is 7. The molecular weight excluding hydrogens is 208 g/mol. The van der Waals surface area contributed by atoms with Gasteiger partial charge < -0.3 is 5.32 Å². The van der Waals surface area contributed by atoms with Gasteiger partial charge in [-0.2, -0.15) is 5.10 Å². The van der Waals surface area contributed by atoms with Gasteiger partial charge in [-0.3, -0.25) is 4.68 Å². The van der Waals surface area contributed by atoms with E-state index in [1.807, 2.05) is 13.2 Å². The molecule has 0 spiro atoms. The first-order chi connectivity index (χ1) is 7.81. The maximum Gasteiger partial charge on any atom is 0.200 e. The van der Waals surface area contributed by atoms with Crippen molar-refractivity contribution in [2.24, 2.45) is 7.05 Å². The van der Waals surface area contributed by atoms with E-state index in [9.17, 15) is 0 Å². The smallest absolute Gasteiger partial charge is 0.200 e. The highest BCUT2D eigenvalue weighted by Gasteiger charge is 2.01. The molecule has 0 unspecified atom stereocenters. The Bertz CT molecular complexity index is 624. The van der Waals surface area contributed by atoms with Crippen LogP contribution in [0.25, 0.3) is 5.65 Å². The first-order valence-electron chi connectivity index (χ1n) is 4.62. The number of tetrazole rings is 1. The Kier molecular flexibility index (Phi) is 1.79. The molecular formula is C8H8N8. The van der Waals surface area contributed by atoms with Crippen molar-refractivity contribution in [1.29, 1.82) is 0 Å². The Balaban J connectivity index is 1.94. The van der Waals surface area contributed by atoms with Gasteiger partial charge in [0.25, 0.3) is 0 Å². The standard InChI is InChI=1S/C8H8N8/c1-15-5-6(4-9-15)10-7-2-3-8-11-13-14-16(8)12-7/h2-5H,1H3,(H,10,12). The highest BCUT2D eigenvalue weighted by Crippen LogP contribution is 2.12. The van der Waals surface area contributed by atoms with Crippen LogP contribution in [0.3, 0.4) is 0 Å². The molecule has 0 aliphatic carbocycles. The predicted molar refractivity (Wildman–Crippen MR) is 55.1 cm³/mol. The molecule has 0 amide bonds. The van der Waals surface area contributed by atoms with E-state index in [2.05, 4.69) is 31.0 Å². The summed E-state index contributed by atoms with van der Waals surface area (Å²) in [6, 6.07) is 3.59. The van der Waals surface area contributed by atoms with Crippen LogP contribution in [0.2, 0.25) is 0 Å². The van der Waals surface area contributed by atoms with E-state index in [1.54, 1.807) is 23.0 Å². The van der Waals surface area contributed by atoms with Crippen molar-refractivity contribution in [3.8, 4) is 0 Å². The Morgan fingerprint density at radius 3 is 3.06 bits per heavy atom. The second-order valence-electron chi connectivity index (χ2n) is 3.27. The van der Waals surface area contributed by atoms with Gasteiger partial charge in [-0.1, -0.05) is 0 Å². The molecule has 8 nitrogen and oxygen atoms in total. The molecule has 0 aromatic carbocycles. The number of nitrogens with one attached hydrogen (secondary N) is 1. The maximum atomic E-state index is 4.17. The molecule has 0 aliphatic rings. The third-order valence-electron chi connectivity index (χ3n) is 2.05. The van der Waals surface area contributed by atoms with E-state index in [0.29, 0.717) is 11.5 Å². The molecule has 3 rings (SSSR count). The number of fused-ring (bicyclic) bond motifs is 1. The lowest BCUT2D eigenvalue weighted by Crippen LogP contribution is -1.99. The van der Waals surface area contributed by atoms with Crippen LogP contribution in [0.1, 0.15) is 0 Å². The molecule has 0 aliphatic heterocycles. The van der Waals surface area contributed by atoms with Gasteiger partial charge in [0.15, 0.2) is 11.5 Å². The average molecular weight is 216 g/mol. The number of aromatic nitrogens is 7. The van der Waals surface area contributed by atoms with Crippen molar-refractivity contribution in [3.63, 3.8) is 0 Å². The van der Waals surface area contributed by atoms with Gasteiger partial charge >= 0.3 is 0 Å². The molecule has 0 fully saturated rings. The fraction of sp³-hybridized carbons (Fsp3) is 0.125. The molecule has 16 heavy (non-hydrogen) atoms. The molecule has 3 aromatic rings. The number of aryl methyl sites for hydroxylation is 1. The topological polar surface area (TPSA) is 85.8 Å². The van der Waals surface area contributed by atoms with Crippen LogP contribution in [-0.2, 0) is 7.05 Å². The van der Waals surface area contributed by atoms with Crippen LogP contribution in [0.15, 0.2) is 24.5 Å². The minimum atomic E-state index is 0.608. The summed E-state index contributed by atoms with van der Waals surface area (Å²) < 4.78 is 3.07. The monoisotopic (exact) mass is 216 g/mol. The molecule has 3 heterocycles. The fourth-order valence-corrected chi connectivity index (χ4v) is 1.35. The Morgan fingerprint density at radius 1 is 1.31 bits per heavy atom. The van der Waals surface area contributed by atoms with Crippen molar-refractivity contribution >= 4 is 17.2 Å². The summed E-state index contributed by atoms with van der Waals surface area (Å²) in [6.45, 7) is 0. The molecule has 0 saturated heterocycles. The number of rotatable bonds is 2. The van der Waals surface area contributed by atoms with E-state index in [4.69, 9.17) is 0 Å². The SMILES string of the molecule is Cn1cc(Nc2ccc3nnnn3n2)cn1. The predicted octanol–water partition coefficient (Wildman–Crippen LogP) is -0.00360. The first-order valence-corrected chi connectivity index (χ1v) is 4.62. The van der Waals surface area contributed by atoms with Crippen LogP contribution in [0, 0.1) is 0 Å². The summed E-state index contributed by atoms with van der Waals surface area (Å²) in [7, 11) is 1.85. The molecule has 0 atom stereocenters. The summed E-state index contributed by atoms with van der Waals surface area (Å²) in [5.74, 6) is 0.660. The molecule has 3 aromatic heterocycles. The summed E-state index contributed by atoms with van der Waals surface area (Å²) in [4.78, 5) is 0. The summed E-state index contributed by atoms with van der Waals surface area (Å²) >= 11 is 0. The van der Waals surface area contributed by atoms with Gasteiger partial charge in [-0.05, 0) is 22.6 Å². The average Bonchev–Trinajstić information content (AvgIpc) is 2.87. The molecule has 0 radical (unpaired) electrons. The number of hydrogen-bond acceptors (Lipinski definition) is 6.